The molecule has 20 heavy (non-hydrogen) atoms. The molecule has 0 aliphatic rings. The number of aryl methyl sites for hydroxylation is 1. The normalized spacial score (nSPS) is 12.8. The van der Waals surface area contributed by atoms with E-state index in [1.165, 1.54) is 0 Å². The van der Waals surface area contributed by atoms with Gasteiger partial charge in [-0.1, -0.05) is 29.8 Å². The highest BCUT2D eigenvalue weighted by atomic mass is 79.9. The van der Waals surface area contributed by atoms with Gasteiger partial charge in [0, 0.05) is 22.6 Å². The molecule has 1 aromatic rings. The van der Waals surface area contributed by atoms with Crippen LogP contribution in [0.2, 0.25) is 0 Å². The zero-order chi connectivity index (χ0) is 15.3. The third-order valence-corrected chi connectivity index (χ3v) is 3.99. The van der Waals surface area contributed by atoms with Gasteiger partial charge in [0.15, 0.2) is 0 Å². The highest BCUT2D eigenvalue weighted by Crippen LogP contribution is 2.17. The summed E-state index contributed by atoms with van der Waals surface area (Å²) in [5, 5.41) is 3.15. The molecule has 1 N–H and O–H groups in total. The number of hydrogen-bond acceptors (Lipinski definition) is 2. The zero-order valence-electron chi connectivity index (χ0n) is 13.0. The number of nitrogens with zero attached hydrogens (tertiary/aromatic N) is 1. The van der Waals surface area contributed by atoms with Gasteiger partial charge < -0.3 is 10.2 Å². The fourth-order valence-corrected chi connectivity index (χ4v) is 2.49. The monoisotopic (exact) mass is 340 g/mol. The van der Waals surface area contributed by atoms with E-state index in [-0.39, 0.29) is 11.9 Å². The molecule has 0 aromatic heterocycles. The van der Waals surface area contributed by atoms with E-state index in [9.17, 15) is 4.79 Å². The van der Waals surface area contributed by atoms with Crippen LogP contribution in [0.4, 0.5) is 0 Å². The van der Waals surface area contributed by atoms with E-state index in [2.05, 4.69) is 40.0 Å². The van der Waals surface area contributed by atoms with Gasteiger partial charge in [-0.2, -0.15) is 0 Å². The van der Waals surface area contributed by atoms with Crippen molar-refractivity contribution in [3.63, 3.8) is 0 Å². The van der Waals surface area contributed by atoms with Gasteiger partial charge in [0.2, 0.25) is 0 Å². The summed E-state index contributed by atoms with van der Waals surface area (Å²) < 4.78 is 1.03. The van der Waals surface area contributed by atoms with E-state index in [4.69, 9.17) is 0 Å². The minimum absolute atomic E-state index is 0.00750. The molecule has 0 spiro atoms. The van der Waals surface area contributed by atoms with Crippen molar-refractivity contribution in [2.24, 2.45) is 5.92 Å². The first-order valence-electron chi connectivity index (χ1n) is 7.01. The Bertz CT molecular complexity index is 448. The minimum Gasteiger partial charge on any atom is -0.348 e. The first kappa shape index (κ1) is 17.2. The Kier molecular flexibility index (Phi) is 6.69. The van der Waals surface area contributed by atoms with Crippen LogP contribution in [0.15, 0.2) is 22.7 Å². The average Bonchev–Trinajstić information content (AvgIpc) is 2.30. The van der Waals surface area contributed by atoms with E-state index < -0.39 is 0 Å². The number of nitrogens with one attached hydrogen (secondary N) is 1. The van der Waals surface area contributed by atoms with E-state index in [1.54, 1.807) is 0 Å². The largest absolute Gasteiger partial charge is 0.348 e. The smallest absolute Gasteiger partial charge is 0.251 e. The summed E-state index contributed by atoms with van der Waals surface area (Å²) in [6, 6.07) is 5.88. The summed E-state index contributed by atoms with van der Waals surface area (Å²) in [4.78, 5) is 14.4. The molecule has 0 aliphatic carbocycles. The summed E-state index contributed by atoms with van der Waals surface area (Å²) in [6.07, 6.45) is 0.986. The molecule has 0 radical (unpaired) electrons. The first-order valence-corrected chi connectivity index (χ1v) is 7.80. The van der Waals surface area contributed by atoms with Crippen LogP contribution < -0.4 is 5.32 Å². The van der Waals surface area contributed by atoms with Crippen molar-refractivity contribution in [2.45, 2.75) is 33.2 Å². The lowest BCUT2D eigenvalue weighted by Gasteiger charge is -2.24. The van der Waals surface area contributed by atoms with Gasteiger partial charge >= 0.3 is 0 Å². The fraction of sp³-hybridized carbons (Fsp3) is 0.562. The van der Waals surface area contributed by atoms with Gasteiger partial charge in [-0.3, -0.25) is 4.79 Å². The second kappa shape index (κ2) is 7.79. The summed E-state index contributed by atoms with van der Waals surface area (Å²) in [5.74, 6) is 0.569. The molecule has 0 saturated heterocycles. The quantitative estimate of drug-likeness (QED) is 0.859. The van der Waals surface area contributed by atoms with Crippen molar-refractivity contribution >= 4 is 21.8 Å². The van der Waals surface area contributed by atoms with Crippen LogP contribution in [0, 0.1) is 12.8 Å². The highest BCUT2D eigenvalue weighted by molar-refractivity contribution is 9.10. The van der Waals surface area contributed by atoms with Gasteiger partial charge in [-0.25, -0.2) is 0 Å². The molecular weight excluding hydrogens is 316 g/mol. The maximum Gasteiger partial charge on any atom is 0.251 e. The summed E-state index contributed by atoms with van der Waals surface area (Å²) in [7, 11) is 4.06. The highest BCUT2D eigenvalue weighted by Gasteiger charge is 2.16. The van der Waals surface area contributed by atoms with Crippen LogP contribution in [0.25, 0.3) is 0 Å². The molecule has 0 heterocycles. The topological polar surface area (TPSA) is 32.3 Å². The molecule has 0 aliphatic heterocycles. The lowest BCUT2D eigenvalue weighted by molar-refractivity contribution is 0.0924. The molecule has 1 atom stereocenters. The van der Waals surface area contributed by atoms with Crippen molar-refractivity contribution in [1.29, 1.82) is 0 Å². The Morgan fingerprint density at radius 3 is 2.50 bits per heavy atom. The number of likely N-dealkylation sites (N-methyl/N-ethyl adjacent to an activating group) is 1. The third-order valence-electron chi connectivity index (χ3n) is 3.10. The standard InChI is InChI=1S/C16H25BrN2O/c1-11(2)8-14(10-19(4)5)18-16(20)13-6-7-15(17)12(3)9-13/h6-7,9,11,14H,8,10H2,1-5H3,(H,18,20). The summed E-state index contributed by atoms with van der Waals surface area (Å²) in [5.41, 5.74) is 1.80. The Hall–Kier alpha value is -0.870. The Morgan fingerprint density at radius 1 is 1.35 bits per heavy atom. The van der Waals surface area contributed by atoms with Crippen LogP contribution in [-0.4, -0.2) is 37.5 Å². The molecular formula is C16H25BrN2O. The number of carbonyl (C=O) groups is 1. The van der Waals surface area contributed by atoms with E-state index >= 15 is 0 Å². The van der Waals surface area contributed by atoms with Crippen LogP contribution in [-0.2, 0) is 0 Å². The van der Waals surface area contributed by atoms with E-state index in [0.29, 0.717) is 5.92 Å². The van der Waals surface area contributed by atoms with Gasteiger partial charge in [0.1, 0.15) is 0 Å². The zero-order valence-corrected chi connectivity index (χ0v) is 14.6. The lowest BCUT2D eigenvalue weighted by atomic mass is 10.0. The lowest BCUT2D eigenvalue weighted by Crippen LogP contribution is -2.42. The number of benzene rings is 1. The molecule has 4 heteroatoms. The molecule has 1 aromatic carbocycles. The predicted octanol–water partition coefficient (Wildman–Crippen LogP) is 3.46. The number of halogens is 1. The maximum absolute atomic E-state index is 12.3. The van der Waals surface area contributed by atoms with E-state index in [0.717, 1.165) is 28.6 Å². The molecule has 1 unspecified atom stereocenters. The minimum atomic E-state index is 0.00750. The van der Waals surface area contributed by atoms with Crippen molar-refractivity contribution in [3.05, 3.63) is 33.8 Å². The van der Waals surface area contributed by atoms with Crippen LogP contribution in [0.3, 0.4) is 0 Å². The SMILES string of the molecule is Cc1cc(C(=O)NC(CC(C)C)CN(C)C)ccc1Br. The Labute approximate surface area is 130 Å². The molecule has 0 bridgehead atoms. The van der Waals surface area contributed by atoms with Gasteiger partial charge in [-0.05, 0) is 57.1 Å². The Morgan fingerprint density at radius 2 is 2.00 bits per heavy atom. The van der Waals surface area contributed by atoms with Crippen molar-refractivity contribution in [1.82, 2.24) is 10.2 Å². The number of rotatable bonds is 6. The number of carbonyl (C=O) groups excluding carboxylic acids is 1. The first-order chi connectivity index (χ1) is 9.29. The molecule has 0 saturated carbocycles. The second-order valence-corrected chi connectivity index (χ2v) is 6.88. The third kappa shape index (κ3) is 5.63. The fourth-order valence-electron chi connectivity index (χ4n) is 2.24. The molecule has 1 amide bonds. The average molecular weight is 341 g/mol. The molecule has 112 valence electrons. The van der Waals surface area contributed by atoms with Gasteiger partial charge in [0.25, 0.3) is 5.91 Å². The van der Waals surface area contributed by atoms with Gasteiger partial charge in [-0.15, -0.1) is 0 Å². The predicted molar refractivity (Wildman–Crippen MR) is 88.1 cm³/mol. The Balaban J connectivity index is 2.76. The van der Waals surface area contributed by atoms with Crippen molar-refractivity contribution < 1.29 is 4.79 Å². The van der Waals surface area contributed by atoms with E-state index in [1.807, 2.05) is 39.2 Å². The maximum atomic E-state index is 12.3. The molecule has 3 nitrogen and oxygen atoms in total. The van der Waals surface area contributed by atoms with Crippen molar-refractivity contribution in [2.75, 3.05) is 20.6 Å². The number of hydrogen-bond donors (Lipinski definition) is 1. The van der Waals surface area contributed by atoms with Crippen LogP contribution in [0.5, 0.6) is 0 Å². The molecule has 0 fully saturated rings. The van der Waals surface area contributed by atoms with Gasteiger partial charge in [0.05, 0.1) is 0 Å². The number of amides is 1. The summed E-state index contributed by atoms with van der Waals surface area (Å²) in [6.45, 7) is 7.21. The molecule has 1 rings (SSSR count). The van der Waals surface area contributed by atoms with Crippen molar-refractivity contribution in [3.8, 4) is 0 Å². The van der Waals surface area contributed by atoms with Crippen LogP contribution >= 0.6 is 15.9 Å². The van der Waals surface area contributed by atoms with Crippen LogP contribution in [0.1, 0.15) is 36.2 Å². The summed E-state index contributed by atoms with van der Waals surface area (Å²) >= 11 is 3.46. The second-order valence-electron chi connectivity index (χ2n) is 6.03.